The fourth-order valence-electron chi connectivity index (χ4n) is 4.64. The molecule has 0 N–H and O–H groups in total. The lowest BCUT2D eigenvalue weighted by molar-refractivity contribution is 0.596. The molecule has 148 valence electrons. The highest BCUT2D eigenvalue weighted by Crippen LogP contribution is 2.42. The molecular weight excluding hydrogens is 362 g/mol. The van der Waals surface area contributed by atoms with Gasteiger partial charge in [-0.05, 0) is 53.3 Å². The molecule has 1 heteroatoms. The predicted molar refractivity (Wildman–Crippen MR) is 130 cm³/mol. The van der Waals surface area contributed by atoms with Crippen LogP contribution >= 0.6 is 0 Å². The summed E-state index contributed by atoms with van der Waals surface area (Å²) in [5, 5.41) is 2.70. The van der Waals surface area contributed by atoms with Crippen LogP contribution in [0.25, 0.3) is 38.6 Å². The first-order valence-electron chi connectivity index (χ1n) is 10.6. The molecule has 0 aliphatic heterocycles. The Hall–Kier alpha value is -3.32. The maximum atomic E-state index is 2.42. The topological polar surface area (TPSA) is 4.93 Å². The van der Waals surface area contributed by atoms with E-state index in [2.05, 4.69) is 123 Å². The lowest BCUT2D eigenvalue weighted by Gasteiger charge is -2.21. The van der Waals surface area contributed by atoms with Crippen LogP contribution in [-0.4, -0.2) is 4.57 Å². The lowest BCUT2D eigenvalue weighted by Crippen LogP contribution is -2.11. The van der Waals surface area contributed by atoms with E-state index >= 15 is 0 Å². The van der Waals surface area contributed by atoms with Crippen LogP contribution in [0.5, 0.6) is 0 Å². The van der Waals surface area contributed by atoms with Gasteiger partial charge in [-0.2, -0.15) is 0 Å². The Balaban J connectivity index is 2.01. The van der Waals surface area contributed by atoms with Crippen molar-refractivity contribution in [3.05, 3.63) is 102 Å². The fraction of sp³-hybridized carbons (Fsp3) is 0.172. The minimum absolute atomic E-state index is 0.0506. The Morgan fingerprint density at radius 3 is 2.00 bits per heavy atom. The summed E-state index contributed by atoms with van der Waals surface area (Å²) in [6, 6.07) is 33.0. The van der Waals surface area contributed by atoms with E-state index in [4.69, 9.17) is 0 Å². The van der Waals surface area contributed by atoms with Crippen molar-refractivity contribution < 1.29 is 0 Å². The largest absolute Gasteiger partial charge is 0.309 e. The summed E-state index contributed by atoms with van der Waals surface area (Å²) in [7, 11) is 0. The van der Waals surface area contributed by atoms with Gasteiger partial charge in [0.05, 0.1) is 11.0 Å². The van der Waals surface area contributed by atoms with E-state index in [1.807, 2.05) is 0 Å². The Bertz CT molecular complexity index is 1360. The molecule has 0 atom stereocenters. The number of benzene rings is 4. The second kappa shape index (κ2) is 6.88. The molecular formula is C29H27N. The molecule has 1 aromatic heterocycles. The smallest absolute Gasteiger partial charge is 0.0547 e. The molecule has 0 spiro atoms. The van der Waals surface area contributed by atoms with E-state index in [0.29, 0.717) is 0 Å². The maximum Gasteiger partial charge on any atom is 0.0547 e. The molecule has 0 saturated heterocycles. The second-order valence-corrected chi connectivity index (χ2v) is 9.19. The average molecular weight is 390 g/mol. The van der Waals surface area contributed by atoms with Crippen molar-refractivity contribution in [1.29, 1.82) is 0 Å². The average Bonchev–Trinajstić information content (AvgIpc) is 3.08. The zero-order chi connectivity index (χ0) is 20.9. The van der Waals surface area contributed by atoms with Crippen molar-refractivity contribution in [3.63, 3.8) is 0 Å². The van der Waals surface area contributed by atoms with Gasteiger partial charge in [-0.1, -0.05) is 93.1 Å². The van der Waals surface area contributed by atoms with Crippen LogP contribution in [0.1, 0.15) is 31.9 Å². The summed E-state index contributed by atoms with van der Waals surface area (Å²) >= 11 is 0. The number of nitrogens with zero attached hydrogens (tertiary/aromatic N) is 1. The van der Waals surface area contributed by atoms with E-state index in [9.17, 15) is 0 Å². The maximum absolute atomic E-state index is 2.42. The molecule has 0 aliphatic rings. The van der Waals surface area contributed by atoms with Crippen LogP contribution in [0.3, 0.4) is 0 Å². The van der Waals surface area contributed by atoms with Gasteiger partial charge in [0.2, 0.25) is 0 Å². The molecule has 1 heterocycles. The number of hydrogen-bond acceptors (Lipinski definition) is 0. The number of fused-ring (bicyclic) bond motifs is 3. The monoisotopic (exact) mass is 389 g/mol. The van der Waals surface area contributed by atoms with Crippen LogP contribution < -0.4 is 0 Å². The number of rotatable bonds is 2. The Morgan fingerprint density at radius 2 is 1.30 bits per heavy atom. The van der Waals surface area contributed by atoms with Gasteiger partial charge in [-0.3, -0.25) is 0 Å². The molecule has 0 radical (unpaired) electrons. The number of hydrogen-bond donors (Lipinski definition) is 0. The zero-order valence-electron chi connectivity index (χ0n) is 18.1. The van der Waals surface area contributed by atoms with Crippen LogP contribution in [0.15, 0.2) is 91.0 Å². The third-order valence-corrected chi connectivity index (χ3v) is 5.97. The van der Waals surface area contributed by atoms with Gasteiger partial charge in [-0.15, -0.1) is 0 Å². The second-order valence-electron chi connectivity index (χ2n) is 9.19. The molecule has 5 aromatic rings. The van der Waals surface area contributed by atoms with Crippen LogP contribution in [0.2, 0.25) is 0 Å². The Kier molecular flexibility index (Phi) is 4.29. The molecule has 1 nitrogen and oxygen atoms in total. The first-order chi connectivity index (χ1) is 14.4. The Labute approximate surface area is 178 Å². The van der Waals surface area contributed by atoms with E-state index < -0.39 is 0 Å². The van der Waals surface area contributed by atoms with Crippen LogP contribution in [-0.2, 0) is 5.41 Å². The molecule has 0 amide bonds. The quantitative estimate of drug-likeness (QED) is 0.288. The van der Waals surface area contributed by atoms with E-state index in [-0.39, 0.29) is 5.41 Å². The van der Waals surface area contributed by atoms with Crippen molar-refractivity contribution >= 4 is 21.8 Å². The standard InChI is InChI=1S/C29H27N/c1-20-11-8-12-21(19-20)23-15-9-17-25-27(23)28-24(29(2,3)4)16-10-18-26(28)30(25)22-13-6-5-7-14-22/h5-19H,1-4H3. The molecule has 0 bridgehead atoms. The van der Waals surface area contributed by atoms with Gasteiger partial charge in [0.15, 0.2) is 0 Å². The lowest BCUT2D eigenvalue weighted by atomic mass is 9.83. The van der Waals surface area contributed by atoms with Gasteiger partial charge in [0.1, 0.15) is 0 Å². The van der Waals surface area contributed by atoms with Gasteiger partial charge in [-0.25, -0.2) is 0 Å². The molecule has 0 saturated carbocycles. The highest BCUT2D eigenvalue weighted by atomic mass is 15.0. The summed E-state index contributed by atoms with van der Waals surface area (Å²) in [5.74, 6) is 0. The van der Waals surface area contributed by atoms with E-state index in [1.165, 1.54) is 49.7 Å². The molecule has 0 unspecified atom stereocenters. The minimum atomic E-state index is 0.0506. The molecule has 30 heavy (non-hydrogen) atoms. The molecule has 4 aromatic carbocycles. The normalized spacial score (nSPS) is 12.0. The van der Waals surface area contributed by atoms with Gasteiger partial charge in [0, 0.05) is 16.5 Å². The van der Waals surface area contributed by atoms with Crippen molar-refractivity contribution in [1.82, 2.24) is 4.57 Å². The number of para-hydroxylation sites is 1. The summed E-state index contributed by atoms with van der Waals surface area (Å²) in [6.07, 6.45) is 0. The van der Waals surface area contributed by atoms with Crippen molar-refractivity contribution in [2.45, 2.75) is 33.1 Å². The summed E-state index contributed by atoms with van der Waals surface area (Å²) < 4.78 is 2.42. The van der Waals surface area contributed by atoms with Gasteiger partial charge in [0.25, 0.3) is 0 Å². The third kappa shape index (κ3) is 2.93. The molecule has 0 fully saturated rings. The predicted octanol–water partition coefficient (Wildman–Crippen LogP) is 8.06. The van der Waals surface area contributed by atoms with Gasteiger partial charge < -0.3 is 4.57 Å². The summed E-state index contributed by atoms with van der Waals surface area (Å²) in [4.78, 5) is 0. The van der Waals surface area contributed by atoms with E-state index in [1.54, 1.807) is 0 Å². The number of aryl methyl sites for hydroxylation is 1. The summed E-state index contributed by atoms with van der Waals surface area (Å²) in [5.41, 5.74) is 9.02. The molecule has 5 rings (SSSR count). The molecule has 0 aliphatic carbocycles. The SMILES string of the molecule is Cc1cccc(-c2cccc3c2c2c(C(C)(C)C)cccc2n3-c2ccccc2)c1. The van der Waals surface area contributed by atoms with Crippen molar-refractivity contribution in [2.24, 2.45) is 0 Å². The highest BCUT2D eigenvalue weighted by molar-refractivity contribution is 6.17. The minimum Gasteiger partial charge on any atom is -0.309 e. The third-order valence-electron chi connectivity index (χ3n) is 5.97. The Morgan fingerprint density at radius 1 is 0.633 bits per heavy atom. The first-order valence-corrected chi connectivity index (χ1v) is 10.6. The zero-order valence-corrected chi connectivity index (χ0v) is 18.1. The first kappa shape index (κ1) is 18.7. The van der Waals surface area contributed by atoms with Crippen LogP contribution in [0.4, 0.5) is 0 Å². The number of aromatic nitrogens is 1. The summed E-state index contributed by atoms with van der Waals surface area (Å²) in [6.45, 7) is 9.09. The van der Waals surface area contributed by atoms with Crippen molar-refractivity contribution in [3.8, 4) is 16.8 Å². The van der Waals surface area contributed by atoms with E-state index in [0.717, 1.165) is 0 Å². The van der Waals surface area contributed by atoms with Crippen LogP contribution in [0, 0.1) is 6.92 Å². The van der Waals surface area contributed by atoms with Gasteiger partial charge >= 0.3 is 0 Å². The highest BCUT2D eigenvalue weighted by Gasteiger charge is 2.23. The fourth-order valence-corrected chi connectivity index (χ4v) is 4.64. The van der Waals surface area contributed by atoms with Crippen molar-refractivity contribution in [2.75, 3.05) is 0 Å².